The van der Waals surface area contributed by atoms with Crippen LogP contribution in [0.3, 0.4) is 0 Å². The normalized spacial score (nSPS) is 38.0. The van der Waals surface area contributed by atoms with E-state index in [1.54, 1.807) is 6.92 Å². The summed E-state index contributed by atoms with van der Waals surface area (Å²) < 4.78 is 0. The fourth-order valence-corrected chi connectivity index (χ4v) is 0.682. The van der Waals surface area contributed by atoms with Crippen LogP contribution in [0.15, 0.2) is 0 Å². The van der Waals surface area contributed by atoms with Crippen LogP contribution in [0.4, 0.5) is 0 Å². The van der Waals surface area contributed by atoms with E-state index in [2.05, 4.69) is 0 Å². The SMILES string of the molecule is CC(=O)C1CC1N. The summed E-state index contributed by atoms with van der Waals surface area (Å²) in [7, 11) is 0. The van der Waals surface area contributed by atoms with Gasteiger partial charge in [-0.25, -0.2) is 0 Å². The van der Waals surface area contributed by atoms with Crippen molar-refractivity contribution in [1.82, 2.24) is 0 Å². The lowest BCUT2D eigenvalue weighted by Gasteiger charge is -1.81. The van der Waals surface area contributed by atoms with Crippen molar-refractivity contribution < 1.29 is 4.79 Å². The molecule has 0 heterocycles. The zero-order valence-corrected chi connectivity index (χ0v) is 4.35. The van der Waals surface area contributed by atoms with E-state index < -0.39 is 0 Å². The Bertz CT molecular complexity index is 100. The second kappa shape index (κ2) is 1.30. The van der Waals surface area contributed by atoms with E-state index in [1.807, 2.05) is 0 Å². The molecule has 0 radical (unpaired) electrons. The van der Waals surface area contributed by atoms with Crippen LogP contribution in [0.2, 0.25) is 0 Å². The number of rotatable bonds is 1. The Hall–Kier alpha value is -0.370. The van der Waals surface area contributed by atoms with Gasteiger partial charge < -0.3 is 5.73 Å². The molecule has 0 aromatic heterocycles. The van der Waals surface area contributed by atoms with Gasteiger partial charge in [-0.15, -0.1) is 0 Å². The summed E-state index contributed by atoms with van der Waals surface area (Å²) in [6.45, 7) is 1.59. The highest BCUT2D eigenvalue weighted by atomic mass is 16.1. The number of hydrogen-bond acceptors (Lipinski definition) is 2. The Morgan fingerprint density at radius 3 is 2.29 bits per heavy atom. The largest absolute Gasteiger partial charge is 0.327 e. The van der Waals surface area contributed by atoms with Crippen molar-refractivity contribution in [3.8, 4) is 0 Å². The number of ketones is 1. The third-order valence-corrected chi connectivity index (χ3v) is 1.36. The van der Waals surface area contributed by atoms with Crippen molar-refractivity contribution in [2.24, 2.45) is 11.7 Å². The molecule has 1 rings (SSSR count). The molecule has 0 aliphatic heterocycles. The van der Waals surface area contributed by atoms with Gasteiger partial charge in [-0.05, 0) is 13.3 Å². The van der Waals surface area contributed by atoms with Gasteiger partial charge in [-0.3, -0.25) is 4.79 Å². The molecule has 7 heavy (non-hydrogen) atoms. The fourth-order valence-electron chi connectivity index (χ4n) is 0.682. The van der Waals surface area contributed by atoms with E-state index in [4.69, 9.17) is 5.73 Å². The minimum Gasteiger partial charge on any atom is -0.327 e. The molecule has 0 aromatic rings. The standard InChI is InChI=1S/C5H9NO/c1-3(7)4-2-5(4)6/h4-5H,2,6H2,1H3. The van der Waals surface area contributed by atoms with Gasteiger partial charge in [0, 0.05) is 12.0 Å². The fraction of sp³-hybridized carbons (Fsp3) is 0.800. The van der Waals surface area contributed by atoms with Crippen LogP contribution < -0.4 is 5.73 Å². The van der Waals surface area contributed by atoms with Crippen molar-refractivity contribution >= 4 is 5.78 Å². The van der Waals surface area contributed by atoms with E-state index in [9.17, 15) is 4.79 Å². The molecule has 0 amide bonds. The van der Waals surface area contributed by atoms with E-state index in [0.29, 0.717) is 0 Å². The number of nitrogens with two attached hydrogens (primary N) is 1. The Kier molecular flexibility index (Phi) is 0.889. The third-order valence-electron chi connectivity index (χ3n) is 1.36. The minimum atomic E-state index is 0.192. The maximum atomic E-state index is 10.3. The third kappa shape index (κ3) is 0.800. The first-order valence-corrected chi connectivity index (χ1v) is 2.48. The smallest absolute Gasteiger partial charge is 0.134 e. The van der Waals surface area contributed by atoms with Crippen LogP contribution >= 0.6 is 0 Å². The van der Waals surface area contributed by atoms with Crippen LogP contribution in [-0.4, -0.2) is 11.8 Å². The summed E-state index contributed by atoms with van der Waals surface area (Å²) in [6.07, 6.45) is 0.912. The lowest BCUT2D eigenvalue weighted by atomic mass is 10.3. The lowest BCUT2D eigenvalue weighted by molar-refractivity contribution is -0.118. The van der Waals surface area contributed by atoms with Crippen LogP contribution in [-0.2, 0) is 4.79 Å². The highest BCUT2D eigenvalue weighted by Gasteiger charge is 2.36. The maximum Gasteiger partial charge on any atom is 0.134 e. The molecule has 0 saturated heterocycles. The highest BCUT2D eigenvalue weighted by molar-refractivity contribution is 5.81. The van der Waals surface area contributed by atoms with Crippen molar-refractivity contribution in [3.63, 3.8) is 0 Å². The van der Waals surface area contributed by atoms with Gasteiger partial charge in [-0.1, -0.05) is 0 Å². The summed E-state index contributed by atoms with van der Waals surface area (Å²) in [6, 6.07) is 0.192. The molecule has 0 bridgehead atoms. The average molecular weight is 99.1 g/mol. The topological polar surface area (TPSA) is 43.1 Å². The predicted molar refractivity (Wildman–Crippen MR) is 26.8 cm³/mol. The summed E-state index contributed by atoms with van der Waals surface area (Å²) in [5.74, 6) is 0.451. The molecular weight excluding hydrogens is 90.1 g/mol. The molecule has 2 heteroatoms. The van der Waals surface area contributed by atoms with Crippen LogP contribution in [0, 0.1) is 5.92 Å². The van der Waals surface area contributed by atoms with E-state index in [1.165, 1.54) is 0 Å². The highest BCUT2D eigenvalue weighted by Crippen LogP contribution is 2.27. The van der Waals surface area contributed by atoms with Gasteiger partial charge in [0.25, 0.3) is 0 Å². The van der Waals surface area contributed by atoms with E-state index in [-0.39, 0.29) is 17.7 Å². The zero-order chi connectivity index (χ0) is 5.44. The zero-order valence-electron chi connectivity index (χ0n) is 4.35. The van der Waals surface area contributed by atoms with Gasteiger partial charge >= 0.3 is 0 Å². The monoisotopic (exact) mass is 99.1 g/mol. The summed E-state index contributed by atoms with van der Waals surface area (Å²) in [5, 5.41) is 0. The van der Waals surface area contributed by atoms with Crippen LogP contribution in [0.25, 0.3) is 0 Å². The van der Waals surface area contributed by atoms with Gasteiger partial charge in [0.15, 0.2) is 0 Å². The first kappa shape index (κ1) is 4.78. The van der Waals surface area contributed by atoms with Gasteiger partial charge in [0.1, 0.15) is 5.78 Å². The molecule has 1 saturated carbocycles. The Labute approximate surface area is 42.7 Å². The van der Waals surface area contributed by atoms with Crippen molar-refractivity contribution in [1.29, 1.82) is 0 Å². The predicted octanol–water partition coefficient (Wildman–Crippen LogP) is -0.0774. The molecule has 0 aromatic carbocycles. The van der Waals surface area contributed by atoms with Gasteiger partial charge in [0.2, 0.25) is 0 Å². The van der Waals surface area contributed by atoms with Crippen molar-refractivity contribution in [2.45, 2.75) is 19.4 Å². The second-order valence-electron chi connectivity index (χ2n) is 2.12. The molecule has 1 aliphatic carbocycles. The molecule has 40 valence electrons. The van der Waals surface area contributed by atoms with E-state index in [0.717, 1.165) is 6.42 Å². The molecule has 0 spiro atoms. The first-order chi connectivity index (χ1) is 3.22. The van der Waals surface area contributed by atoms with E-state index >= 15 is 0 Å². The summed E-state index contributed by atoms with van der Waals surface area (Å²) in [5.41, 5.74) is 5.35. The Morgan fingerprint density at radius 2 is 2.29 bits per heavy atom. The van der Waals surface area contributed by atoms with Crippen LogP contribution in [0.1, 0.15) is 13.3 Å². The van der Waals surface area contributed by atoms with Crippen molar-refractivity contribution in [3.05, 3.63) is 0 Å². The number of carbonyl (C=O) groups is 1. The summed E-state index contributed by atoms with van der Waals surface area (Å²) in [4.78, 5) is 10.3. The minimum absolute atomic E-state index is 0.192. The number of carbonyl (C=O) groups excluding carboxylic acids is 1. The lowest BCUT2D eigenvalue weighted by Crippen LogP contribution is -2.06. The molecule has 2 unspecified atom stereocenters. The molecule has 1 fully saturated rings. The van der Waals surface area contributed by atoms with Gasteiger partial charge in [0.05, 0.1) is 0 Å². The second-order valence-corrected chi connectivity index (χ2v) is 2.12. The first-order valence-electron chi connectivity index (χ1n) is 2.48. The molecule has 2 atom stereocenters. The summed E-state index contributed by atoms with van der Waals surface area (Å²) >= 11 is 0. The quantitative estimate of drug-likeness (QED) is 0.499. The van der Waals surface area contributed by atoms with Crippen molar-refractivity contribution in [2.75, 3.05) is 0 Å². The molecule has 1 aliphatic rings. The molecule has 2 nitrogen and oxygen atoms in total. The maximum absolute atomic E-state index is 10.3. The Morgan fingerprint density at radius 1 is 1.86 bits per heavy atom. The van der Waals surface area contributed by atoms with Crippen LogP contribution in [0.5, 0.6) is 0 Å². The molecular formula is C5H9NO. The number of hydrogen-bond donors (Lipinski definition) is 1. The Balaban J connectivity index is 2.33. The number of Topliss-reactive ketones (excluding diaryl/α,β-unsaturated/α-hetero) is 1. The molecule has 2 N–H and O–H groups in total. The average Bonchev–Trinajstić information content (AvgIpc) is 2.17. The van der Waals surface area contributed by atoms with Gasteiger partial charge in [-0.2, -0.15) is 0 Å².